The Morgan fingerprint density at radius 1 is 1.11 bits per heavy atom. The van der Waals surface area contributed by atoms with Crippen molar-refractivity contribution in [1.29, 1.82) is 0 Å². The summed E-state index contributed by atoms with van der Waals surface area (Å²) in [6, 6.07) is 15.9. The molecule has 0 spiro atoms. The van der Waals surface area contributed by atoms with E-state index >= 15 is 0 Å². The van der Waals surface area contributed by atoms with Gasteiger partial charge in [-0.15, -0.1) is 0 Å². The molecule has 0 aliphatic carbocycles. The third-order valence-electron chi connectivity index (χ3n) is 3.45. The number of halogens is 1. The Hall–Kier alpha value is -1.59. The summed E-state index contributed by atoms with van der Waals surface area (Å²) in [6.07, 6.45) is 0.880. The second kappa shape index (κ2) is 11.3. The lowest BCUT2D eigenvalue weighted by Crippen LogP contribution is -2.22. The van der Waals surface area contributed by atoms with Gasteiger partial charge >= 0.3 is 0 Å². The summed E-state index contributed by atoms with van der Waals surface area (Å²) >= 11 is 4.98. The van der Waals surface area contributed by atoms with Crippen molar-refractivity contribution >= 4 is 45.7 Å². The zero-order chi connectivity index (χ0) is 20.4. The van der Waals surface area contributed by atoms with Gasteiger partial charge in [0.2, 0.25) is 6.41 Å². The largest absolute Gasteiger partial charge is 0.310 e. The van der Waals surface area contributed by atoms with Crippen LogP contribution in [0.15, 0.2) is 57.4 Å². The number of hydrogen-bond donors (Lipinski definition) is 0. The third-order valence-corrected chi connectivity index (χ3v) is 4.89. The molecule has 0 saturated carbocycles. The molecule has 0 atom stereocenters. The van der Waals surface area contributed by atoms with Crippen molar-refractivity contribution < 1.29 is 4.79 Å². The van der Waals surface area contributed by atoms with Gasteiger partial charge in [0, 0.05) is 14.8 Å². The molecule has 0 unspecified atom stereocenters. The van der Waals surface area contributed by atoms with E-state index in [4.69, 9.17) is 0 Å². The minimum absolute atomic E-state index is 0.0535. The van der Waals surface area contributed by atoms with Gasteiger partial charge in [-0.1, -0.05) is 60.1 Å². The Balaban J connectivity index is 0.00000176. The smallest absolute Gasteiger partial charge is 0.214 e. The summed E-state index contributed by atoms with van der Waals surface area (Å²) in [7, 11) is 0. The fraction of sp³-hybridized carbons (Fsp3) is 0.364. The molecule has 5 heteroatoms. The number of carbonyl (C=O) groups is 1. The first kappa shape index (κ1) is 23.4. The molecule has 0 N–H and O–H groups in total. The van der Waals surface area contributed by atoms with E-state index in [9.17, 15) is 4.79 Å². The number of rotatable bonds is 6. The van der Waals surface area contributed by atoms with Crippen LogP contribution in [0.3, 0.4) is 0 Å². The highest BCUT2D eigenvalue weighted by atomic mass is 79.9. The molecule has 2 aromatic rings. The van der Waals surface area contributed by atoms with Crippen molar-refractivity contribution in [3.63, 3.8) is 0 Å². The first-order chi connectivity index (χ1) is 12.8. The summed E-state index contributed by atoms with van der Waals surface area (Å²) in [4.78, 5) is 13.5. The summed E-state index contributed by atoms with van der Waals surface area (Å²) in [5.41, 5.74) is 3.83. The van der Waals surface area contributed by atoms with Gasteiger partial charge < -0.3 is 4.90 Å². The molecule has 2 rings (SSSR count). The number of nitrogens with zero attached hydrogens (tertiary/aromatic N) is 2. The molecular formula is C22H29BrN2OS. The van der Waals surface area contributed by atoms with Crippen molar-refractivity contribution in [2.24, 2.45) is 4.40 Å². The van der Waals surface area contributed by atoms with E-state index < -0.39 is 0 Å². The van der Waals surface area contributed by atoms with E-state index in [0.717, 1.165) is 33.4 Å². The maximum absolute atomic E-state index is 11.7. The second-order valence-corrected chi connectivity index (χ2v) is 9.26. The lowest BCUT2D eigenvalue weighted by atomic mass is 10.1. The highest BCUT2D eigenvalue weighted by molar-refractivity contribution is 9.10. The Morgan fingerprint density at radius 2 is 1.70 bits per heavy atom. The van der Waals surface area contributed by atoms with E-state index in [0.29, 0.717) is 6.54 Å². The number of para-hydroxylation sites is 1. The molecule has 0 saturated heterocycles. The zero-order valence-corrected chi connectivity index (χ0v) is 19.4. The number of carbonyl (C=O) groups excluding carboxylic acids is 1. The lowest BCUT2D eigenvalue weighted by molar-refractivity contribution is -0.107. The van der Waals surface area contributed by atoms with Gasteiger partial charge in [-0.05, 0) is 63.4 Å². The van der Waals surface area contributed by atoms with Gasteiger partial charge in [-0.2, -0.15) is 0 Å². The van der Waals surface area contributed by atoms with Gasteiger partial charge in [-0.3, -0.25) is 4.79 Å². The number of hydrogen-bond acceptors (Lipinski definition) is 3. The van der Waals surface area contributed by atoms with E-state index in [2.05, 4.69) is 41.1 Å². The maximum atomic E-state index is 11.7. The molecule has 1 amide bonds. The van der Waals surface area contributed by atoms with Gasteiger partial charge in [0.05, 0.1) is 17.9 Å². The molecule has 2 aromatic carbocycles. The molecule has 0 aliphatic heterocycles. The van der Waals surface area contributed by atoms with Crippen molar-refractivity contribution in [2.45, 2.75) is 52.8 Å². The van der Waals surface area contributed by atoms with Crippen LogP contribution >= 0.6 is 27.9 Å². The van der Waals surface area contributed by atoms with Crippen molar-refractivity contribution in [3.8, 4) is 0 Å². The van der Waals surface area contributed by atoms with Crippen LogP contribution in [0.2, 0.25) is 0 Å². The highest BCUT2D eigenvalue weighted by Gasteiger charge is 2.15. The molecule has 146 valence electrons. The average Bonchev–Trinajstić information content (AvgIpc) is 2.67. The van der Waals surface area contributed by atoms with Gasteiger partial charge in [0.25, 0.3) is 0 Å². The number of amides is 1. The quantitative estimate of drug-likeness (QED) is 0.273. The van der Waals surface area contributed by atoms with Crippen molar-refractivity contribution in [1.82, 2.24) is 0 Å². The number of anilines is 1. The van der Waals surface area contributed by atoms with E-state index in [1.165, 1.54) is 0 Å². The summed E-state index contributed by atoms with van der Waals surface area (Å²) < 4.78 is 5.72. The SMILES string of the molecule is C/C(=N\SC(C)(C)C)c1ccccc1N(C=O)Cc1ccc(Br)cc1.CC. The van der Waals surface area contributed by atoms with Crippen LogP contribution in [0.25, 0.3) is 0 Å². The Bertz CT molecular complexity index is 752. The maximum Gasteiger partial charge on any atom is 0.214 e. The monoisotopic (exact) mass is 448 g/mol. The topological polar surface area (TPSA) is 32.7 Å². The first-order valence-electron chi connectivity index (χ1n) is 9.09. The third kappa shape index (κ3) is 7.89. The minimum atomic E-state index is 0.0535. The molecule has 0 fully saturated rings. The van der Waals surface area contributed by atoms with Crippen molar-refractivity contribution in [3.05, 3.63) is 64.1 Å². The van der Waals surface area contributed by atoms with Crippen LogP contribution in [0.5, 0.6) is 0 Å². The zero-order valence-electron chi connectivity index (χ0n) is 17.0. The second-order valence-electron chi connectivity index (χ2n) is 6.76. The molecule has 0 bridgehead atoms. The molecule has 3 nitrogen and oxygen atoms in total. The van der Waals surface area contributed by atoms with Gasteiger partial charge in [0.1, 0.15) is 0 Å². The molecule has 0 aliphatic rings. The standard InChI is InChI=1S/C20H23BrN2OS.C2H6/c1-15(22-25-20(2,3)4)18-7-5-6-8-19(18)23(14-24)13-16-9-11-17(21)12-10-16;1-2/h5-12,14H,13H2,1-4H3;1-2H3/b22-15+;. The van der Waals surface area contributed by atoms with Crippen LogP contribution in [0.1, 0.15) is 52.7 Å². The van der Waals surface area contributed by atoms with E-state index in [1.807, 2.05) is 69.3 Å². The number of benzene rings is 2. The normalized spacial score (nSPS) is 11.4. The fourth-order valence-corrected chi connectivity index (χ4v) is 3.02. The van der Waals surface area contributed by atoms with Gasteiger partial charge in [-0.25, -0.2) is 4.40 Å². The average molecular weight is 449 g/mol. The van der Waals surface area contributed by atoms with Crippen molar-refractivity contribution in [2.75, 3.05) is 4.90 Å². The Labute approximate surface area is 176 Å². The van der Waals surface area contributed by atoms with Crippen LogP contribution in [-0.4, -0.2) is 16.9 Å². The predicted octanol–water partition coefficient (Wildman–Crippen LogP) is 6.89. The molecule has 0 heterocycles. The van der Waals surface area contributed by atoms with Crippen LogP contribution < -0.4 is 4.90 Å². The molecule has 27 heavy (non-hydrogen) atoms. The minimum Gasteiger partial charge on any atom is -0.310 e. The lowest BCUT2D eigenvalue weighted by Gasteiger charge is -2.21. The molecule has 0 radical (unpaired) electrons. The summed E-state index contributed by atoms with van der Waals surface area (Å²) in [5.74, 6) is 0. The fourth-order valence-electron chi connectivity index (χ4n) is 2.25. The van der Waals surface area contributed by atoms with Crippen LogP contribution in [0, 0.1) is 0 Å². The highest BCUT2D eigenvalue weighted by Crippen LogP contribution is 2.28. The van der Waals surface area contributed by atoms with E-state index in [-0.39, 0.29) is 4.75 Å². The summed E-state index contributed by atoms with van der Waals surface area (Å²) in [5, 5.41) is 0. The van der Waals surface area contributed by atoms with Gasteiger partial charge in [0.15, 0.2) is 0 Å². The Morgan fingerprint density at radius 3 is 2.26 bits per heavy atom. The molecular weight excluding hydrogens is 420 g/mol. The first-order valence-corrected chi connectivity index (χ1v) is 10.7. The summed E-state index contributed by atoms with van der Waals surface area (Å²) in [6.45, 7) is 12.9. The predicted molar refractivity (Wildman–Crippen MR) is 124 cm³/mol. The van der Waals surface area contributed by atoms with Crippen LogP contribution in [0.4, 0.5) is 5.69 Å². The van der Waals surface area contributed by atoms with Crippen LogP contribution in [-0.2, 0) is 11.3 Å². The van der Waals surface area contributed by atoms with E-state index in [1.54, 1.807) is 16.8 Å². The Kier molecular flexibility index (Phi) is 9.81. The molecule has 0 aromatic heterocycles.